The van der Waals surface area contributed by atoms with Gasteiger partial charge in [0.2, 0.25) is 0 Å². The third-order valence-electron chi connectivity index (χ3n) is 2.32. The fraction of sp³-hybridized carbons (Fsp3) is 0. The monoisotopic (exact) mass is 245 g/mol. The predicted octanol–water partition coefficient (Wildman–Crippen LogP) is 3.39. The maximum Gasteiger partial charge on any atom is 0.194 e. The normalized spacial score (nSPS) is 10.6. The van der Waals surface area contributed by atoms with Crippen LogP contribution in [0.2, 0.25) is 5.22 Å². The lowest BCUT2D eigenvalue weighted by Gasteiger charge is -1.91. The Morgan fingerprint density at radius 1 is 1.06 bits per heavy atom. The fourth-order valence-electron chi connectivity index (χ4n) is 1.53. The van der Waals surface area contributed by atoms with Crippen molar-refractivity contribution in [3.05, 3.63) is 47.7 Å². The van der Waals surface area contributed by atoms with Gasteiger partial charge < -0.3 is 4.42 Å². The average molecular weight is 246 g/mol. The number of aromatic nitrogens is 3. The van der Waals surface area contributed by atoms with E-state index in [0.717, 1.165) is 5.56 Å². The van der Waals surface area contributed by atoms with Gasteiger partial charge in [-0.2, -0.15) is 5.10 Å². The van der Waals surface area contributed by atoms with Gasteiger partial charge in [-0.25, -0.2) is 4.98 Å². The molecule has 0 aliphatic rings. The van der Waals surface area contributed by atoms with Crippen LogP contribution >= 0.6 is 11.6 Å². The smallest absolute Gasteiger partial charge is 0.194 e. The molecule has 0 spiro atoms. The van der Waals surface area contributed by atoms with E-state index >= 15 is 0 Å². The van der Waals surface area contributed by atoms with Gasteiger partial charge in [-0.15, -0.1) is 0 Å². The zero-order valence-electron chi connectivity index (χ0n) is 8.72. The first-order valence-corrected chi connectivity index (χ1v) is 5.44. The fourth-order valence-corrected chi connectivity index (χ4v) is 1.68. The van der Waals surface area contributed by atoms with Crippen LogP contribution in [-0.2, 0) is 0 Å². The van der Waals surface area contributed by atoms with E-state index in [2.05, 4.69) is 15.2 Å². The third kappa shape index (κ3) is 1.94. The molecule has 17 heavy (non-hydrogen) atoms. The summed E-state index contributed by atoms with van der Waals surface area (Å²) < 4.78 is 5.25. The second kappa shape index (κ2) is 4.07. The van der Waals surface area contributed by atoms with E-state index < -0.39 is 0 Å². The van der Waals surface area contributed by atoms with Crippen molar-refractivity contribution in [3.8, 4) is 23.0 Å². The summed E-state index contributed by atoms with van der Waals surface area (Å²) >= 11 is 5.71. The number of nitrogens with one attached hydrogen (secondary N) is 1. The first-order valence-electron chi connectivity index (χ1n) is 5.06. The SMILES string of the molecule is Clc1ccc(-c2nc(-c3ccccc3)n[nH]2)o1. The lowest BCUT2D eigenvalue weighted by atomic mass is 10.2. The van der Waals surface area contributed by atoms with E-state index in [-0.39, 0.29) is 0 Å². The molecule has 0 saturated heterocycles. The Kier molecular flexibility index (Phi) is 2.42. The maximum atomic E-state index is 5.71. The van der Waals surface area contributed by atoms with Crippen LogP contribution in [0, 0.1) is 0 Å². The molecule has 0 aliphatic carbocycles. The summed E-state index contributed by atoms with van der Waals surface area (Å²) in [6, 6.07) is 13.1. The Bertz CT molecular complexity index is 630. The van der Waals surface area contributed by atoms with Crippen LogP contribution in [0.5, 0.6) is 0 Å². The Hall–Kier alpha value is -2.07. The highest BCUT2D eigenvalue weighted by atomic mass is 35.5. The minimum atomic E-state index is 0.331. The number of hydrogen-bond donors (Lipinski definition) is 1. The quantitative estimate of drug-likeness (QED) is 0.753. The summed E-state index contributed by atoms with van der Waals surface area (Å²) in [7, 11) is 0. The van der Waals surface area contributed by atoms with Crippen LogP contribution < -0.4 is 0 Å². The topological polar surface area (TPSA) is 54.7 Å². The Morgan fingerprint density at radius 3 is 2.59 bits per heavy atom. The molecule has 1 aromatic carbocycles. The molecule has 0 aliphatic heterocycles. The number of aromatic amines is 1. The van der Waals surface area contributed by atoms with Gasteiger partial charge in [0.05, 0.1) is 0 Å². The molecule has 2 aromatic heterocycles. The Morgan fingerprint density at radius 2 is 1.88 bits per heavy atom. The molecular formula is C12H8ClN3O. The van der Waals surface area contributed by atoms with Gasteiger partial charge in [0.25, 0.3) is 0 Å². The number of nitrogens with zero attached hydrogens (tertiary/aromatic N) is 2. The molecule has 0 radical (unpaired) electrons. The first-order chi connectivity index (χ1) is 8.33. The summed E-state index contributed by atoms with van der Waals surface area (Å²) in [6.07, 6.45) is 0. The van der Waals surface area contributed by atoms with Gasteiger partial charge in [-0.3, -0.25) is 5.10 Å². The molecule has 0 atom stereocenters. The number of furan rings is 1. The maximum absolute atomic E-state index is 5.71. The molecule has 0 unspecified atom stereocenters. The van der Waals surface area contributed by atoms with Crippen molar-refractivity contribution >= 4 is 11.6 Å². The summed E-state index contributed by atoms with van der Waals surface area (Å²) in [5, 5.41) is 7.28. The third-order valence-corrected chi connectivity index (χ3v) is 2.53. The largest absolute Gasteiger partial charge is 0.441 e. The Labute approximate surface area is 102 Å². The zero-order valence-corrected chi connectivity index (χ0v) is 9.48. The van der Waals surface area contributed by atoms with E-state index in [4.69, 9.17) is 16.0 Å². The predicted molar refractivity (Wildman–Crippen MR) is 64.5 cm³/mol. The zero-order chi connectivity index (χ0) is 11.7. The molecule has 3 rings (SSSR count). The van der Waals surface area contributed by atoms with Crippen molar-refractivity contribution in [1.82, 2.24) is 15.2 Å². The van der Waals surface area contributed by atoms with Crippen LogP contribution in [-0.4, -0.2) is 15.2 Å². The summed E-state index contributed by atoms with van der Waals surface area (Å²) in [6.45, 7) is 0. The average Bonchev–Trinajstić information content (AvgIpc) is 2.98. The Balaban J connectivity index is 1.99. The summed E-state index contributed by atoms with van der Waals surface area (Å²) in [5.74, 6) is 1.77. The van der Waals surface area contributed by atoms with Gasteiger partial charge in [-0.1, -0.05) is 30.3 Å². The standard InChI is InChI=1S/C12H8ClN3O/c13-10-7-6-9(17-10)12-14-11(15-16-12)8-4-2-1-3-5-8/h1-7H,(H,14,15,16). The van der Waals surface area contributed by atoms with Gasteiger partial charge in [0.1, 0.15) is 0 Å². The first kappa shape index (κ1) is 10.1. The molecule has 0 fully saturated rings. The van der Waals surface area contributed by atoms with Crippen molar-refractivity contribution in [3.63, 3.8) is 0 Å². The second-order valence-corrected chi connectivity index (χ2v) is 3.85. The van der Waals surface area contributed by atoms with E-state index in [1.54, 1.807) is 12.1 Å². The van der Waals surface area contributed by atoms with Crippen LogP contribution in [0.1, 0.15) is 0 Å². The lowest BCUT2D eigenvalue weighted by Crippen LogP contribution is -1.79. The van der Waals surface area contributed by atoms with Crippen LogP contribution in [0.15, 0.2) is 46.9 Å². The molecule has 0 amide bonds. The van der Waals surface area contributed by atoms with E-state index in [0.29, 0.717) is 22.6 Å². The van der Waals surface area contributed by atoms with E-state index in [9.17, 15) is 0 Å². The molecule has 0 saturated carbocycles. The highest BCUT2D eigenvalue weighted by molar-refractivity contribution is 6.28. The van der Waals surface area contributed by atoms with Crippen LogP contribution in [0.25, 0.3) is 23.0 Å². The van der Waals surface area contributed by atoms with Crippen LogP contribution in [0.3, 0.4) is 0 Å². The van der Waals surface area contributed by atoms with Crippen molar-refractivity contribution in [1.29, 1.82) is 0 Å². The molecule has 0 bridgehead atoms. The number of H-pyrrole nitrogens is 1. The minimum Gasteiger partial charge on any atom is -0.441 e. The molecule has 4 nitrogen and oxygen atoms in total. The van der Waals surface area contributed by atoms with Crippen molar-refractivity contribution in [2.45, 2.75) is 0 Å². The summed E-state index contributed by atoms with van der Waals surface area (Å²) in [4.78, 5) is 4.35. The number of hydrogen-bond acceptors (Lipinski definition) is 3. The van der Waals surface area contributed by atoms with Gasteiger partial charge >= 0.3 is 0 Å². The summed E-state index contributed by atoms with van der Waals surface area (Å²) in [5.41, 5.74) is 0.952. The number of halogens is 1. The van der Waals surface area contributed by atoms with Crippen molar-refractivity contribution in [2.24, 2.45) is 0 Å². The van der Waals surface area contributed by atoms with Crippen LogP contribution in [0.4, 0.5) is 0 Å². The highest BCUT2D eigenvalue weighted by Crippen LogP contribution is 2.23. The minimum absolute atomic E-state index is 0.331. The van der Waals surface area contributed by atoms with Gasteiger partial charge in [0.15, 0.2) is 22.6 Å². The molecule has 84 valence electrons. The molecule has 5 heteroatoms. The lowest BCUT2D eigenvalue weighted by molar-refractivity contribution is 0.579. The molecular weight excluding hydrogens is 238 g/mol. The van der Waals surface area contributed by atoms with Gasteiger partial charge in [-0.05, 0) is 23.7 Å². The number of benzene rings is 1. The molecule has 3 aromatic rings. The van der Waals surface area contributed by atoms with E-state index in [1.165, 1.54) is 0 Å². The second-order valence-electron chi connectivity index (χ2n) is 3.48. The number of rotatable bonds is 2. The molecule has 2 heterocycles. The molecule has 1 N–H and O–H groups in total. The highest BCUT2D eigenvalue weighted by Gasteiger charge is 2.10. The van der Waals surface area contributed by atoms with Gasteiger partial charge in [0, 0.05) is 5.56 Å². The van der Waals surface area contributed by atoms with Crippen molar-refractivity contribution in [2.75, 3.05) is 0 Å². The van der Waals surface area contributed by atoms with Crippen molar-refractivity contribution < 1.29 is 4.42 Å². The van der Waals surface area contributed by atoms with E-state index in [1.807, 2.05) is 30.3 Å².